The summed E-state index contributed by atoms with van der Waals surface area (Å²) in [6.45, 7) is 4.54. The Hall–Kier alpha value is -4.89. The van der Waals surface area contributed by atoms with Gasteiger partial charge in [-0.05, 0) is 61.4 Å². The number of thiazole rings is 1. The van der Waals surface area contributed by atoms with Crippen molar-refractivity contribution in [2.75, 3.05) is 6.61 Å². The highest BCUT2D eigenvalue weighted by atomic mass is 32.1. The minimum atomic E-state index is -0.431. The van der Waals surface area contributed by atoms with E-state index in [1.54, 1.807) is 10.8 Å². The van der Waals surface area contributed by atoms with Gasteiger partial charge in [0.15, 0.2) is 0 Å². The third-order valence-electron chi connectivity index (χ3n) is 6.48. The first-order valence-corrected chi connectivity index (χ1v) is 13.7. The van der Waals surface area contributed by atoms with E-state index in [0.29, 0.717) is 17.6 Å². The van der Waals surface area contributed by atoms with Gasteiger partial charge in [-0.1, -0.05) is 59.9 Å². The number of nitrogens with zero attached hydrogens (tertiary/aromatic N) is 5. The van der Waals surface area contributed by atoms with Crippen molar-refractivity contribution in [3.05, 3.63) is 133 Å². The highest BCUT2D eigenvalue weighted by Gasteiger charge is 2.16. The summed E-state index contributed by atoms with van der Waals surface area (Å²) < 4.78 is 9.10. The van der Waals surface area contributed by atoms with Crippen LogP contribution in [0.1, 0.15) is 29.3 Å². The molecule has 0 unspecified atom stereocenters. The van der Waals surface area contributed by atoms with E-state index in [9.17, 15) is 9.59 Å². The second-order valence-electron chi connectivity index (χ2n) is 9.26. The quantitative estimate of drug-likeness (QED) is 0.297. The molecule has 40 heavy (non-hydrogen) atoms. The van der Waals surface area contributed by atoms with E-state index in [4.69, 9.17) is 9.84 Å². The number of ether oxygens (including phenoxy) is 1. The molecule has 0 radical (unpaired) electrons. The van der Waals surface area contributed by atoms with E-state index in [1.807, 2.05) is 98.9 Å². The summed E-state index contributed by atoms with van der Waals surface area (Å²) >= 11 is 1.13. The Morgan fingerprint density at radius 1 is 0.950 bits per heavy atom. The second kappa shape index (κ2) is 10.7. The molecule has 198 valence electrons. The van der Waals surface area contributed by atoms with Crippen molar-refractivity contribution in [1.82, 2.24) is 24.4 Å². The van der Waals surface area contributed by atoms with E-state index in [1.165, 1.54) is 4.52 Å². The molecule has 3 aromatic carbocycles. The number of aryl methyl sites for hydroxylation is 1. The van der Waals surface area contributed by atoms with Gasteiger partial charge in [0.2, 0.25) is 4.96 Å². The van der Waals surface area contributed by atoms with Gasteiger partial charge in [-0.15, -0.1) is 0 Å². The standard InChI is InChI=1S/C31H25N5O3S/c1-3-39-24-14-15-25(20(2)16-24)28-22(19-35(34-28)23-12-8-5-9-13-23)18-27-30(38)36-31(40-27)32-29(37)26(33-36)17-21-10-6-4-7-11-21/h4-16,18-19H,3,17H2,1-2H3. The summed E-state index contributed by atoms with van der Waals surface area (Å²) in [7, 11) is 0. The molecular weight excluding hydrogens is 522 g/mol. The number of hydrogen-bond donors (Lipinski definition) is 0. The normalized spacial score (nSPS) is 11.8. The van der Waals surface area contributed by atoms with Gasteiger partial charge in [-0.2, -0.15) is 19.7 Å². The molecule has 0 aliphatic carbocycles. The Morgan fingerprint density at radius 2 is 1.70 bits per heavy atom. The van der Waals surface area contributed by atoms with Crippen LogP contribution in [0.2, 0.25) is 0 Å². The van der Waals surface area contributed by atoms with Crippen molar-refractivity contribution in [3.8, 4) is 22.7 Å². The molecule has 8 nitrogen and oxygen atoms in total. The van der Waals surface area contributed by atoms with Crippen LogP contribution < -0.4 is 20.4 Å². The predicted octanol–water partition coefficient (Wildman–Crippen LogP) is 4.21. The number of hydrogen-bond acceptors (Lipinski definition) is 7. The lowest BCUT2D eigenvalue weighted by Gasteiger charge is -2.08. The number of aromatic nitrogens is 5. The van der Waals surface area contributed by atoms with Crippen LogP contribution in [0.25, 0.3) is 28.0 Å². The maximum Gasteiger partial charge on any atom is 0.296 e. The van der Waals surface area contributed by atoms with Gasteiger partial charge < -0.3 is 4.74 Å². The van der Waals surface area contributed by atoms with Crippen LogP contribution in [0.15, 0.2) is 94.6 Å². The fraction of sp³-hybridized carbons (Fsp3) is 0.129. The van der Waals surface area contributed by atoms with Gasteiger partial charge >= 0.3 is 0 Å². The highest BCUT2D eigenvalue weighted by molar-refractivity contribution is 7.15. The van der Waals surface area contributed by atoms with Crippen molar-refractivity contribution in [1.29, 1.82) is 0 Å². The second-order valence-corrected chi connectivity index (χ2v) is 10.3. The lowest BCUT2D eigenvalue weighted by molar-refractivity contribution is 0.340. The van der Waals surface area contributed by atoms with Crippen molar-refractivity contribution in [2.24, 2.45) is 0 Å². The van der Waals surface area contributed by atoms with E-state index >= 15 is 0 Å². The first-order valence-electron chi connectivity index (χ1n) is 12.9. The zero-order chi connectivity index (χ0) is 27.6. The fourth-order valence-corrected chi connectivity index (χ4v) is 5.45. The van der Waals surface area contributed by atoms with Crippen molar-refractivity contribution in [3.63, 3.8) is 0 Å². The average molecular weight is 548 g/mol. The van der Waals surface area contributed by atoms with E-state index in [-0.39, 0.29) is 16.2 Å². The Balaban J connectivity index is 1.49. The van der Waals surface area contributed by atoms with Crippen LogP contribution in [0.3, 0.4) is 0 Å². The molecule has 0 fully saturated rings. The summed E-state index contributed by atoms with van der Waals surface area (Å²) in [5.41, 5.74) is 4.69. The van der Waals surface area contributed by atoms with Crippen molar-refractivity contribution < 1.29 is 4.74 Å². The summed E-state index contributed by atoms with van der Waals surface area (Å²) in [6.07, 6.45) is 3.99. The molecule has 6 aromatic rings. The molecule has 0 N–H and O–H groups in total. The Kier molecular flexibility index (Phi) is 6.79. The van der Waals surface area contributed by atoms with Gasteiger partial charge in [0.25, 0.3) is 11.1 Å². The molecule has 0 atom stereocenters. The molecule has 6 rings (SSSR count). The van der Waals surface area contributed by atoms with E-state index < -0.39 is 5.56 Å². The van der Waals surface area contributed by atoms with Crippen LogP contribution in [-0.2, 0) is 6.42 Å². The highest BCUT2D eigenvalue weighted by Crippen LogP contribution is 2.30. The predicted molar refractivity (Wildman–Crippen MR) is 156 cm³/mol. The third kappa shape index (κ3) is 4.94. The Labute approximate surface area is 233 Å². The van der Waals surface area contributed by atoms with Crippen LogP contribution >= 0.6 is 11.3 Å². The smallest absolute Gasteiger partial charge is 0.296 e. The van der Waals surface area contributed by atoms with E-state index in [2.05, 4.69) is 10.1 Å². The van der Waals surface area contributed by atoms with Crippen LogP contribution in [0.4, 0.5) is 0 Å². The average Bonchev–Trinajstić information content (AvgIpc) is 3.51. The molecule has 9 heteroatoms. The zero-order valence-electron chi connectivity index (χ0n) is 21.9. The monoisotopic (exact) mass is 547 g/mol. The number of rotatable bonds is 7. The fourth-order valence-electron chi connectivity index (χ4n) is 4.56. The van der Waals surface area contributed by atoms with Crippen molar-refractivity contribution in [2.45, 2.75) is 20.3 Å². The Morgan fingerprint density at radius 3 is 2.42 bits per heavy atom. The topological polar surface area (TPSA) is 91.4 Å². The minimum absolute atomic E-state index is 0.229. The molecule has 0 saturated heterocycles. The minimum Gasteiger partial charge on any atom is -0.494 e. The summed E-state index contributed by atoms with van der Waals surface area (Å²) in [5, 5.41) is 9.29. The zero-order valence-corrected chi connectivity index (χ0v) is 22.8. The molecule has 0 saturated carbocycles. The molecule has 0 aliphatic rings. The molecule has 3 heterocycles. The largest absolute Gasteiger partial charge is 0.494 e. The Bertz CT molecular complexity index is 2000. The van der Waals surface area contributed by atoms with E-state index in [0.717, 1.165) is 50.7 Å². The van der Waals surface area contributed by atoms with Crippen molar-refractivity contribution >= 4 is 22.4 Å². The molecule has 0 amide bonds. The van der Waals surface area contributed by atoms with Crippen LogP contribution in [0, 0.1) is 6.92 Å². The lowest BCUT2D eigenvalue weighted by Crippen LogP contribution is -2.28. The maximum atomic E-state index is 13.5. The molecule has 3 aromatic heterocycles. The lowest BCUT2D eigenvalue weighted by atomic mass is 10.0. The number of fused-ring (bicyclic) bond motifs is 1. The first-order chi connectivity index (χ1) is 19.5. The third-order valence-corrected chi connectivity index (χ3v) is 7.44. The summed E-state index contributed by atoms with van der Waals surface area (Å²) in [4.78, 5) is 30.6. The summed E-state index contributed by atoms with van der Waals surface area (Å²) in [6, 6.07) is 25.2. The van der Waals surface area contributed by atoms with Gasteiger partial charge in [0.05, 0.1) is 16.8 Å². The van der Waals surface area contributed by atoms with Crippen LogP contribution in [-0.4, -0.2) is 31.0 Å². The summed E-state index contributed by atoms with van der Waals surface area (Å²) in [5.74, 6) is 0.788. The van der Waals surface area contributed by atoms with Crippen LogP contribution in [0.5, 0.6) is 5.75 Å². The molecular formula is C31H25N5O3S. The van der Waals surface area contributed by atoms with Gasteiger partial charge in [-0.3, -0.25) is 9.59 Å². The van der Waals surface area contributed by atoms with Gasteiger partial charge in [0.1, 0.15) is 17.1 Å². The first kappa shape index (κ1) is 25.4. The van der Waals surface area contributed by atoms with Gasteiger partial charge in [0, 0.05) is 23.7 Å². The molecule has 0 spiro atoms. The van der Waals surface area contributed by atoms with Gasteiger partial charge in [-0.25, -0.2) is 4.68 Å². The number of para-hydroxylation sites is 1. The number of benzene rings is 3. The molecule has 0 bridgehead atoms. The maximum absolute atomic E-state index is 13.5. The SMILES string of the molecule is CCOc1ccc(-c2nn(-c3ccccc3)cc2C=c2sc3nc(=O)c(Cc4ccccc4)nn3c2=O)c(C)c1. The molecule has 0 aliphatic heterocycles.